The van der Waals surface area contributed by atoms with Gasteiger partial charge in [-0.1, -0.05) is 42.5 Å². The molecule has 3 aromatic rings. The van der Waals surface area contributed by atoms with Gasteiger partial charge in [0.25, 0.3) is 5.91 Å². The van der Waals surface area contributed by atoms with Crippen molar-refractivity contribution in [3.8, 4) is 11.1 Å². The summed E-state index contributed by atoms with van der Waals surface area (Å²) in [5.41, 5.74) is 2.15. The lowest BCUT2D eigenvalue weighted by molar-refractivity contribution is 0.102. The van der Waals surface area contributed by atoms with Crippen molar-refractivity contribution in [1.29, 1.82) is 0 Å². The third kappa shape index (κ3) is 4.11. The van der Waals surface area contributed by atoms with Gasteiger partial charge in [0.05, 0.1) is 10.5 Å². The summed E-state index contributed by atoms with van der Waals surface area (Å²) in [6.45, 7) is 0. The van der Waals surface area contributed by atoms with Crippen LogP contribution in [0.15, 0.2) is 77.7 Å². The van der Waals surface area contributed by atoms with Gasteiger partial charge >= 0.3 is 0 Å². The lowest BCUT2D eigenvalue weighted by Crippen LogP contribution is -2.23. The van der Waals surface area contributed by atoms with E-state index >= 15 is 0 Å². The zero-order chi connectivity index (χ0) is 20.3. The van der Waals surface area contributed by atoms with Crippen LogP contribution in [0.5, 0.6) is 0 Å². The van der Waals surface area contributed by atoms with E-state index in [2.05, 4.69) is 5.32 Å². The summed E-state index contributed by atoms with van der Waals surface area (Å²) in [6.07, 6.45) is 0. The predicted octanol–water partition coefficient (Wildman–Crippen LogP) is 4.00. The fraction of sp³-hybridized carbons (Fsp3) is 0.0952. The average molecular weight is 398 g/mol. The number of rotatable bonds is 5. The average Bonchev–Trinajstić information content (AvgIpc) is 2.69. The maximum Gasteiger partial charge on any atom is 0.258 e. The molecule has 1 N–H and O–H groups in total. The monoisotopic (exact) mass is 398 g/mol. The summed E-state index contributed by atoms with van der Waals surface area (Å²) in [4.78, 5) is 12.3. The fourth-order valence-corrected chi connectivity index (χ4v) is 3.55. The highest BCUT2D eigenvalue weighted by Crippen LogP contribution is 2.22. The molecule has 0 bridgehead atoms. The summed E-state index contributed by atoms with van der Waals surface area (Å²) in [5, 5.41) is 2.60. The maximum absolute atomic E-state index is 14.1. The van der Waals surface area contributed by atoms with Crippen molar-refractivity contribution in [3.63, 3.8) is 0 Å². The van der Waals surface area contributed by atoms with Gasteiger partial charge in [0.2, 0.25) is 10.0 Å². The quantitative estimate of drug-likeness (QED) is 0.707. The molecule has 28 heavy (non-hydrogen) atoms. The minimum Gasteiger partial charge on any atom is -0.322 e. The molecule has 7 heteroatoms. The van der Waals surface area contributed by atoms with Crippen LogP contribution >= 0.6 is 0 Å². The lowest BCUT2D eigenvalue weighted by Gasteiger charge is -2.13. The molecule has 0 unspecified atom stereocenters. The second-order valence-electron chi connectivity index (χ2n) is 6.33. The second kappa shape index (κ2) is 7.92. The predicted molar refractivity (Wildman–Crippen MR) is 107 cm³/mol. The van der Waals surface area contributed by atoms with Gasteiger partial charge in [-0.3, -0.25) is 4.79 Å². The number of nitrogens with one attached hydrogen (secondary N) is 1. The Bertz CT molecular complexity index is 1100. The van der Waals surface area contributed by atoms with Gasteiger partial charge in [0.1, 0.15) is 5.82 Å². The minimum absolute atomic E-state index is 0.150. The lowest BCUT2D eigenvalue weighted by atomic mass is 10.1. The van der Waals surface area contributed by atoms with Crippen LogP contribution in [0.1, 0.15) is 10.4 Å². The molecule has 3 rings (SSSR count). The van der Waals surface area contributed by atoms with E-state index in [0.29, 0.717) is 5.69 Å². The molecule has 0 atom stereocenters. The smallest absolute Gasteiger partial charge is 0.258 e. The molecule has 1 amide bonds. The number of nitrogens with zero attached hydrogens (tertiary/aromatic N) is 1. The van der Waals surface area contributed by atoms with Crippen LogP contribution in [0.4, 0.5) is 10.1 Å². The standard InChI is InChI=1S/C21H19FN2O3S/c1-24(2)28(26,27)18-12-13-20(22)19(14-18)21(25)23-17-10-8-16(9-11-17)15-6-4-3-5-7-15/h3-14H,1-2H3,(H,23,25). The molecule has 0 saturated carbocycles. The summed E-state index contributed by atoms with van der Waals surface area (Å²) in [6, 6.07) is 20.0. The van der Waals surface area contributed by atoms with E-state index in [4.69, 9.17) is 0 Å². The Morgan fingerprint density at radius 2 is 1.50 bits per heavy atom. The van der Waals surface area contributed by atoms with Crippen LogP contribution in [0.3, 0.4) is 0 Å². The van der Waals surface area contributed by atoms with Gasteiger partial charge in [-0.2, -0.15) is 0 Å². The molecule has 0 saturated heterocycles. The van der Waals surface area contributed by atoms with Crippen LogP contribution in [0.2, 0.25) is 0 Å². The highest BCUT2D eigenvalue weighted by molar-refractivity contribution is 7.89. The largest absolute Gasteiger partial charge is 0.322 e. The van der Waals surface area contributed by atoms with E-state index in [-0.39, 0.29) is 10.5 Å². The van der Waals surface area contributed by atoms with Crippen LogP contribution in [0, 0.1) is 5.82 Å². The van der Waals surface area contributed by atoms with Crippen molar-refractivity contribution < 1.29 is 17.6 Å². The molecule has 0 fully saturated rings. The van der Waals surface area contributed by atoms with Gasteiger partial charge in [-0.25, -0.2) is 17.1 Å². The molecular weight excluding hydrogens is 379 g/mol. The van der Waals surface area contributed by atoms with Crippen molar-refractivity contribution in [3.05, 3.63) is 84.2 Å². The van der Waals surface area contributed by atoms with E-state index in [1.165, 1.54) is 14.1 Å². The molecule has 0 aromatic heterocycles. The number of hydrogen-bond acceptors (Lipinski definition) is 3. The molecule has 0 heterocycles. The van der Waals surface area contributed by atoms with Gasteiger partial charge in [-0.05, 0) is 41.5 Å². The molecule has 0 aliphatic heterocycles. The molecular formula is C21H19FN2O3S. The molecule has 0 aliphatic rings. The second-order valence-corrected chi connectivity index (χ2v) is 8.48. The summed E-state index contributed by atoms with van der Waals surface area (Å²) in [7, 11) is -1.04. The zero-order valence-corrected chi connectivity index (χ0v) is 16.2. The Kier molecular flexibility index (Phi) is 5.58. The summed E-state index contributed by atoms with van der Waals surface area (Å²) >= 11 is 0. The molecule has 0 radical (unpaired) electrons. The van der Waals surface area contributed by atoms with E-state index in [1.807, 2.05) is 42.5 Å². The van der Waals surface area contributed by atoms with Crippen LogP contribution in [-0.4, -0.2) is 32.7 Å². The molecule has 5 nitrogen and oxygen atoms in total. The topological polar surface area (TPSA) is 66.5 Å². The highest BCUT2D eigenvalue weighted by atomic mass is 32.2. The van der Waals surface area contributed by atoms with Crippen LogP contribution < -0.4 is 5.32 Å². The van der Waals surface area contributed by atoms with E-state index in [1.54, 1.807) is 12.1 Å². The van der Waals surface area contributed by atoms with E-state index < -0.39 is 21.7 Å². The Labute approximate surface area is 163 Å². The van der Waals surface area contributed by atoms with E-state index in [9.17, 15) is 17.6 Å². The number of carbonyl (C=O) groups excluding carboxylic acids is 1. The number of benzene rings is 3. The molecule has 3 aromatic carbocycles. The van der Waals surface area contributed by atoms with Crippen molar-refractivity contribution >= 4 is 21.6 Å². The third-order valence-electron chi connectivity index (χ3n) is 4.21. The number of halogens is 1. The Morgan fingerprint density at radius 3 is 2.11 bits per heavy atom. The van der Waals surface area contributed by atoms with E-state index in [0.717, 1.165) is 33.6 Å². The Hall–Kier alpha value is -3.03. The van der Waals surface area contributed by atoms with Crippen molar-refractivity contribution in [2.75, 3.05) is 19.4 Å². The third-order valence-corrected chi connectivity index (χ3v) is 6.02. The first kappa shape index (κ1) is 19.7. The number of hydrogen-bond donors (Lipinski definition) is 1. The molecule has 0 aliphatic carbocycles. The maximum atomic E-state index is 14.1. The van der Waals surface area contributed by atoms with Gasteiger partial charge in [-0.15, -0.1) is 0 Å². The minimum atomic E-state index is -3.77. The van der Waals surface area contributed by atoms with Gasteiger partial charge in [0.15, 0.2) is 0 Å². The molecule has 144 valence electrons. The number of carbonyl (C=O) groups is 1. The van der Waals surface area contributed by atoms with Gasteiger partial charge in [0, 0.05) is 19.8 Å². The van der Waals surface area contributed by atoms with Crippen LogP contribution in [-0.2, 0) is 10.0 Å². The molecule has 0 spiro atoms. The Balaban J connectivity index is 1.83. The van der Waals surface area contributed by atoms with Crippen molar-refractivity contribution in [1.82, 2.24) is 4.31 Å². The van der Waals surface area contributed by atoms with Gasteiger partial charge < -0.3 is 5.32 Å². The first-order valence-corrected chi connectivity index (χ1v) is 9.92. The number of anilines is 1. The number of sulfonamides is 1. The fourth-order valence-electron chi connectivity index (χ4n) is 2.62. The SMILES string of the molecule is CN(C)S(=O)(=O)c1ccc(F)c(C(=O)Nc2ccc(-c3ccccc3)cc2)c1. The summed E-state index contributed by atoms with van der Waals surface area (Å²) in [5.74, 6) is -1.52. The first-order valence-electron chi connectivity index (χ1n) is 8.48. The normalized spacial score (nSPS) is 11.4. The first-order chi connectivity index (χ1) is 13.3. The van der Waals surface area contributed by atoms with Crippen molar-refractivity contribution in [2.24, 2.45) is 0 Å². The van der Waals surface area contributed by atoms with Crippen LogP contribution in [0.25, 0.3) is 11.1 Å². The van der Waals surface area contributed by atoms with Crippen molar-refractivity contribution in [2.45, 2.75) is 4.90 Å². The summed E-state index contributed by atoms with van der Waals surface area (Å²) < 4.78 is 39.6. The highest BCUT2D eigenvalue weighted by Gasteiger charge is 2.21. The number of amides is 1. The zero-order valence-electron chi connectivity index (χ0n) is 15.4. The Morgan fingerprint density at radius 1 is 0.893 bits per heavy atom.